The number of halogens is 2. The quantitative estimate of drug-likeness (QED) is 0.272. The molecule has 0 bridgehead atoms. The van der Waals surface area contributed by atoms with Gasteiger partial charge < -0.3 is 0 Å². The Bertz CT molecular complexity index is 1050. The summed E-state index contributed by atoms with van der Waals surface area (Å²) in [6, 6.07) is 16.7. The number of rotatable bonds is 0. The van der Waals surface area contributed by atoms with E-state index in [1.54, 1.807) is 23.5 Å². The zero-order chi connectivity index (χ0) is 16.3. The SMILES string of the molecule is Brc1ccc2c(c1)Sc1cc3c(cc1=N2)Sc1cc(Br)ccc1N=3. The summed E-state index contributed by atoms with van der Waals surface area (Å²) in [4.78, 5) is 14.3. The van der Waals surface area contributed by atoms with Crippen LogP contribution in [-0.2, 0) is 0 Å². The van der Waals surface area contributed by atoms with Gasteiger partial charge in [-0.05, 0) is 48.5 Å². The van der Waals surface area contributed by atoms with Crippen molar-refractivity contribution in [3.05, 3.63) is 68.2 Å². The maximum atomic E-state index is 4.83. The molecule has 0 unspecified atom stereocenters. The lowest BCUT2D eigenvalue weighted by Gasteiger charge is -2.16. The minimum Gasteiger partial charge on any atom is -0.247 e. The lowest BCUT2D eigenvalue weighted by molar-refractivity contribution is 1.07. The van der Waals surface area contributed by atoms with Crippen molar-refractivity contribution < 1.29 is 0 Å². The highest BCUT2D eigenvalue weighted by Gasteiger charge is 2.17. The molecule has 0 saturated heterocycles. The summed E-state index contributed by atoms with van der Waals surface area (Å²) >= 11 is 10.6. The van der Waals surface area contributed by atoms with Crippen molar-refractivity contribution in [2.75, 3.05) is 0 Å². The van der Waals surface area contributed by atoms with Gasteiger partial charge in [0.2, 0.25) is 0 Å². The first-order valence-electron chi connectivity index (χ1n) is 7.22. The van der Waals surface area contributed by atoms with Gasteiger partial charge in [-0.15, -0.1) is 0 Å². The minimum absolute atomic E-state index is 1.02. The normalized spacial score (nSPS) is 13.8. The predicted octanol–water partition coefficient (Wildman–Crippen LogP) is 6.04. The highest BCUT2D eigenvalue weighted by Crippen LogP contribution is 2.41. The molecule has 0 aliphatic carbocycles. The Balaban J connectivity index is 1.72. The molecule has 0 fully saturated rings. The van der Waals surface area contributed by atoms with Crippen LogP contribution < -0.4 is 10.7 Å². The molecule has 6 heteroatoms. The summed E-state index contributed by atoms with van der Waals surface area (Å²) in [6.07, 6.45) is 0. The van der Waals surface area contributed by atoms with Crippen LogP contribution in [0.1, 0.15) is 0 Å². The van der Waals surface area contributed by atoms with Gasteiger partial charge in [-0.25, -0.2) is 9.98 Å². The highest BCUT2D eigenvalue weighted by molar-refractivity contribution is 9.10. The van der Waals surface area contributed by atoms with E-state index in [9.17, 15) is 0 Å². The molecule has 0 radical (unpaired) electrons. The maximum absolute atomic E-state index is 4.83. The number of benzene rings is 3. The Kier molecular flexibility index (Phi) is 3.63. The van der Waals surface area contributed by atoms with Gasteiger partial charge in [0.1, 0.15) is 0 Å². The molecule has 2 aliphatic heterocycles. The van der Waals surface area contributed by atoms with Crippen LogP contribution in [0, 0.1) is 0 Å². The van der Waals surface area contributed by atoms with E-state index >= 15 is 0 Å². The van der Waals surface area contributed by atoms with E-state index < -0.39 is 0 Å². The summed E-state index contributed by atoms with van der Waals surface area (Å²) in [7, 11) is 0. The lowest BCUT2D eigenvalue weighted by Crippen LogP contribution is -2.17. The number of hydrogen-bond donors (Lipinski definition) is 0. The highest BCUT2D eigenvalue weighted by atomic mass is 79.9. The Morgan fingerprint density at radius 3 is 1.50 bits per heavy atom. The van der Waals surface area contributed by atoms with Gasteiger partial charge >= 0.3 is 0 Å². The molecular weight excluding hydrogens is 468 g/mol. The second kappa shape index (κ2) is 5.73. The van der Waals surface area contributed by atoms with E-state index in [1.807, 2.05) is 12.1 Å². The van der Waals surface area contributed by atoms with Crippen LogP contribution in [0.15, 0.2) is 87.0 Å². The molecule has 3 aromatic rings. The van der Waals surface area contributed by atoms with Crippen molar-refractivity contribution in [3.63, 3.8) is 0 Å². The first kappa shape index (κ1) is 15.2. The maximum Gasteiger partial charge on any atom is 0.0789 e. The van der Waals surface area contributed by atoms with E-state index in [-0.39, 0.29) is 0 Å². The molecule has 0 amide bonds. The molecule has 5 rings (SSSR count). The van der Waals surface area contributed by atoms with E-state index in [1.165, 1.54) is 9.79 Å². The number of hydrogen-bond acceptors (Lipinski definition) is 4. The first-order valence-corrected chi connectivity index (χ1v) is 10.4. The van der Waals surface area contributed by atoms with E-state index in [2.05, 4.69) is 68.3 Å². The topological polar surface area (TPSA) is 24.7 Å². The molecule has 24 heavy (non-hydrogen) atoms. The predicted molar refractivity (Wildman–Crippen MR) is 105 cm³/mol. The van der Waals surface area contributed by atoms with Gasteiger partial charge in [0.15, 0.2) is 0 Å². The third-order valence-electron chi connectivity index (χ3n) is 3.81. The van der Waals surface area contributed by atoms with Crippen LogP contribution in [0.25, 0.3) is 0 Å². The van der Waals surface area contributed by atoms with Crippen LogP contribution in [-0.4, -0.2) is 0 Å². The Hall–Kier alpha value is -1.08. The summed E-state index contributed by atoms with van der Waals surface area (Å²) in [5, 5.41) is 2.05. The van der Waals surface area contributed by atoms with E-state index in [4.69, 9.17) is 9.98 Å². The first-order chi connectivity index (χ1) is 11.7. The Morgan fingerprint density at radius 1 is 0.583 bits per heavy atom. The van der Waals surface area contributed by atoms with Gasteiger partial charge in [0, 0.05) is 28.5 Å². The molecule has 116 valence electrons. The summed E-state index contributed by atoms with van der Waals surface area (Å²) in [5.41, 5.74) is 2.05. The van der Waals surface area contributed by atoms with Crippen molar-refractivity contribution in [2.45, 2.75) is 19.6 Å². The molecule has 0 spiro atoms. The second-order valence-electron chi connectivity index (χ2n) is 5.44. The fourth-order valence-corrected chi connectivity index (χ4v) is 5.76. The molecule has 0 atom stereocenters. The second-order valence-corrected chi connectivity index (χ2v) is 9.44. The molecule has 0 N–H and O–H groups in total. The van der Waals surface area contributed by atoms with Crippen LogP contribution in [0.4, 0.5) is 11.4 Å². The van der Waals surface area contributed by atoms with E-state index in [0.29, 0.717) is 0 Å². The molecule has 2 nitrogen and oxygen atoms in total. The third-order valence-corrected chi connectivity index (χ3v) is 6.98. The van der Waals surface area contributed by atoms with E-state index in [0.717, 1.165) is 40.8 Å². The Morgan fingerprint density at radius 2 is 1.04 bits per heavy atom. The summed E-state index contributed by atoms with van der Waals surface area (Å²) in [5.74, 6) is 0. The zero-order valence-corrected chi connectivity index (χ0v) is 16.9. The van der Waals surface area contributed by atoms with Crippen molar-refractivity contribution in [1.82, 2.24) is 0 Å². The van der Waals surface area contributed by atoms with Crippen molar-refractivity contribution in [3.8, 4) is 0 Å². The Labute approximate surface area is 163 Å². The third kappa shape index (κ3) is 2.56. The molecular formula is C18H8Br2N2S2. The summed E-state index contributed by atoms with van der Waals surface area (Å²) in [6.45, 7) is 0. The molecule has 2 heterocycles. The average Bonchev–Trinajstić information content (AvgIpc) is 2.56. The number of fused-ring (bicyclic) bond motifs is 4. The van der Waals surface area contributed by atoms with Crippen molar-refractivity contribution >= 4 is 66.8 Å². The smallest absolute Gasteiger partial charge is 0.0789 e. The monoisotopic (exact) mass is 474 g/mol. The zero-order valence-electron chi connectivity index (χ0n) is 12.1. The van der Waals surface area contributed by atoms with Crippen molar-refractivity contribution in [1.29, 1.82) is 0 Å². The van der Waals surface area contributed by atoms with Gasteiger partial charge in [0.05, 0.1) is 22.1 Å². The molecule has 0 aromatic heterocycles. The van der Waals surface area contributed by atoms with Crippen LogP contribution >= 0.6 is 55.4 Å². The standard InChI is InChI=1S/C18H8Br2N2S2/c19-9-1-3-11-15(5-9)23-17-8-14-18(7-13(17)21-11)24-16-6-10(20)2-4-12(16)22-14/h1-8H. The molecule has 2 aliphatic rings. The average molecular weight is 476 g/mol. The van der Waals surface area contributed by atoms with Gasteiger partial charge in [-0.1, -0.05) is 55.4 Å². The van der Waals surface area contributed by atoms with Crippen LogP contribution in [0.5, 0.6) is 0 Å². The van der Waals surface area contributed by atoms with Crippen LogP contribution in [0.2, 0.25) is 0 Å². The minimum atomic E-state index is 1.02. The van der Waals surface area contributed by atoms with Crippen LogP contribution in [0.3, 0.4) is 0 Å². The van der Waals surface area contributed by atoms with Gasteiger partial charge in [-0.3, -0.25) is 0 Å². The summed E-state index contributed by atoms with van der Waals surface area (Å²) < 4.78 is 2.15. The largest absolute Gasteiger partial charge is 0.247 e. The fourth-order valence-electron chi connectivity index (χ4n) is 2.70. The van der Waals surface area contributed by atoms with Gasteiger partial charge in [0.25, 0.3) is 0 Å². The fraction of sp³-hybridized carbons (Fsp3) is 0. The number of nitrogens with zero attached hydrogens (tertiary/aromatic N) is 2. The van der Waals surface area contributed by atoms with Gasteiger partial charge in [-0.2, -0.15) is 0 Å². The lowest BCUT2D eigenvalue weighted by atomic mass is 10.2. The molecule has 0 saturated carbocycles. The van der Waals surface area contributed by atoms with Crippen molar-refractivity contribution in [2.24, 2.45) is 9.98 Å². The molecule has 3 aromatic carbocycles.